The maximum absolute atomic E-state index is 11.9. The monoisotopic (exact) mass is 706 g/mol. The van der Waals surface area contributed by atoms with Crippen LogP contribution in [-0.2, 0) is 38.1 Å². The average molecular weight is 707 g/mol. The zero-order chi connectivity index (χ0) is 36.6. The lowest BCUT2D eigenvalue weighted by Gasteiger charge is -2.16. The molecule has 264 valence electrons. The van der Waals surface area contributed by atoms with Crippen LogP contribution in [0.25, 0.3) is 0 Å². The Morgan fingerprint density at radius 2 is 1.23 bits per heavy atom. The number of nitrogens with two attached hydrogens (primary N) is 1. The predicted molar refractivity (Wildman–Crippen MR) is 192 cm³/mol. The highest BCUT2D eigenvalue weighted by atomic mass is 32.1. The molecule has 2 amide bonds. The van der Waals surface area contributed by atoms with Gasteiger partial charge >= 0.3 is 0 Å². The molecular formula is C32H46N6O8S2. The van der Waals surface area contributed by atoms with Crippen LogP contribution in [0.15, 0.2) is 41.4 Å². The van der Waals surface area contributed by atoms with Crippen molar-refractivity contribution in [3.63, 3.8) is 0 Å². The molecule has 0 radical (unpaired) electrons. The van der Waals surface area contributed by atoms with Gasteiger partial charge in [-0.2, -0.15) is 0 Å². The number of carbonyl (C=O) groups is 4. The molecule has 0 spiro atoms. The first-order chi connectivity index (χ1) is 22.8. The molecule has 0 aliphatic heterocycles. The van der Waals surface area contributed by atoms with Gasteiger partial charge in [0, 0.05) is 39.8 Å². The summed E-state index contributed by atoms with van der Waals surface area (Å²) in [7, 11) is 6.11. The molecule has 0 aromatic heterocycles. The van der Waals surface area contributed by atoms with E-state index in [-0.39, 0.29) is 24.5 Å². The third kappa shape index (κ3) is 17.2. The van der Waals surface area contributed by atoms with E-state index in [4.69, 9.17) is 36.9 Å². The van der Waals surface area contributed by atoms with Gasteiger partial charge in [0.25, 0.3) is 11.8 Å². The third-order valence-corrected chi connectivity index (χ3v) is 7.01. The molecule has 0 heterocycles. The molecule has 6 N–H and O–H groups in total. The number of hydrogen-bond donors (Lipinski definition) is 5. The minimum absolute atomic E-state index is 0.201. The van der Waals surface area contributed by atoms with Crippen LogP contribution < -0.4 is 27.0 Å². The molecule has 0 unspecified atom stereocenters. The Morgan fingerprint density at radius 1 is 0.771 bits per heavy atom. The fraction of sp³-hybridized carbons (Fsp3) is 0.438. The molecule has 0 aliphatic carbocycles. The van der Waals surface area contributed by atoms with Crippen molar-refractivity contribution < 1.29 is 38.1 Å². The Hall–Kier alpha value is -3.99. The fourth-order valence-corrected chi connectivity index (χ4v) is 3.58. The van der Waals surface area contributed by atoms with Crippen LogP contribution in [0.2, 0.25) is 0 Å². The Kier molecular flexibility index (Phi) is 23.0. The van der Waals surface area contributed by atoms with Gasteiger partial charge in [-0.25, -0.2) is 4.99 Å². The normalized spacial score (nSPS) is 9.98. The fourth-order valence-electron chi connectivity index (χ4n) is 3.35. The molecule has 2 aromatic carbocycles. The van der Waals surface area contributed by atoms with E-state index in [1.807, 2.05) is 52.0 Å². The van der Waals surface area contributed by atoms with Crippen molar-refractivity contribution in [1.29, 1.82) is 0 Å². The van der Waals surface area contributed by atoms with Crippen molar-refractivity contribution in [3.05, 3.63) is 58.7 Å². The van der Waals surface area contributed by atoms with Gasteiger partial charge in [0.2, 0.25) is 11.6 Å². The lowest BCUT2D eigenvalue weighted by Crippen LogP contribution is -2.44. The van der Waals surface area contributed by atoms with Crippen molar-refractivity contribution in [2.24, 2.45) is 10.7 Å². The number of isothiocyanates is 1. The number of benzene rings is 2. The molecule has 0 bridgehead atoms. The zero-order valence-corrected chi connectivity index (χ0v) is 30.2. The highest BCUT2D eigenvalue weighted by molar-refractivity contribution is 7.80. The summed E-state index contributed by atoms with van der Waals surface area (Å²) >= 11 is 9.36. The SMILES string of the molecule is COC(CN=C=S)OC.COC(CNC(=S)NCC(=O)C(=O)Nc1cccc(C)c1C)OC.Cc1cccc(NC(=O)C(=O)CN)c1C. The number of thiocarbonyl (C=S) groups is 2. The number of carbonyl (C=O) groups excluding carboxylic acids is 4. The zero-order valence-electron chi connectivity index (χ0n) is 28.6. The number of aliphatic imine (C=N–C) groups is 1. The average Bonchev–Trinajstić information content (AvgIpc) is 3.08. The van der Waals surface area contributed by atoms with Crippen molar-refractivity contribution in [2.45, 2.75) is 40.3 Å². The molecular weight excluding hydrogens is 661 g/mol. The topological polar surface area (TPSA) is 192 Å². The summed E-state index contributed by atoms with van der Waals surface area (Å²) < 4.78 is 19.6. The predicted octanol–water partition coefficient (Wildman–Crippen LogP) is 2.37. The molecule has 0 atom stereocenters. The van der Waals surface area contributed by atoms with E-state index >= 15 is 0 Å². The molecule has 2 rings (SSSR count). The van der Waals surface area contributed by atoms with Crippen molar-refractivity contribution >= 4 is 69.5 Å². The van der Waals surface area contributed by atoms with Crippen LogP contribution in [0.5, 0.6) is 0 Å². The summed E-state index contributed by atoms with van der Waals surface area (Å²) in [6, 6.07) is 11.0. The standard InChI is InChI=1S/C16H23N3O4S.C11H14N2O2.C5H9NO2S/c1-10-6-5-7-12(11(10)2)19-15(21)13(20)8-17-16(24)18-9-14(22-3)23-4;1-7-4-3-5-9(8(7)2)13-11(15)10(14)6-12;1-7-5(8-2)3-6-4-9/h5-7,14H,8-9H2,1-4H3,(H,19,21)(H2,17,18,24);3-5H,6,12H2,1-2H3,(H,13,15);5H,3H2,1-2H3. The van der Waals surface area contributed by atoms with Gasteiger partial charge in [-0.3, -0.25) is 19.2 Å². The highest BCUT2D eigenvalue weighted by Crippen LogP contribution is 2.18. The maximum atomic E-state index is 11.9. The second kappa shape index (κ2) is 25.1. The smallest absolute Gasteiger partial charge is 0.293 e. The van der Waals surface area contributed by atoms with Gasteiger partial charge in [-0.15, -0.1) is 0 Å². The van der Waals surface area contributed by atoms with Crippen LogP contribution in [0.4, 0.5) is 11.4 Å². The molecule has 16 heteroatoms. The Morgan fingerprint density at radius 3 is 1.65 bits per heavy atom. The first kappa shape index (κ1) is 44.0. The van der Waals surface area contributed by atoms with E-state index in [0.29, 0.717) is 24.5 Å². The van der Waals surface area contributed by atoms with Gasteiger partial charge in [0.15, 0.2) is 17.7 Å². The number of ether oxygens (including phenoxy) is 4. The number of amides is 2. The lowest BCUT2D eigenvalue weighted by molar-refractivity contribution is -0.134. The first-order valence-electron chi connectivity index (χ1n) is 14.5. The van der Waals surface area contributed by atoms with Crippen LogP contribution >= 0.6 is 24.4 Å². The van der Waals surface area contributed by atoms with E-state index in [2.05, 4.69) is 43.6 Å². The van der Waals surface area contributed by atoms with E-state index in [9.17, 15) is 19.2 Å². The number of aryl methyl sites for hydroxylation is 2. The second-order valence-corrected chi connectivity index (χ2v) is 10.3. The van der Waals surface area contributed by atoms with Gasteiger partial charge in [0.1, 0.15) is 6.54 Å². The summed E-state index contributed by atoms with van der Waals surface area (Å²) in [6.07, 6.45) is -0.742. The summed E-state index contributed by atoms with van der Waals surface area (Å²) in [5, 5.41) is 13.1. The number of Topliss-reactive ketones (excluding diaryl/α,β-unsaturated/α-hetero) is 2. The Balaban J connectivity index is 0.000000780. The second-order valence-electron chi connectivity index (χ2n) is 9.75. The van der Waals surface area contributed by atoms with Crippen LogP contribution in [0.1, 0.15) is 22.3 Å². The van der Waals surface area contributed by atoms with E-state index in [1.54, 1.807) is 26.4 Å². The van der Waals surface area contributed by atoms with Crippen molar-refractivity contribution in [3.8, 4) is 0 Å². The number of ketones is 2. The number of hydrogen-bond acceptors (Lipinski definition) is 12. The first-order valence-corrected chi connectivity index (χ1v) is 15.3. The summed E-state index contributed by atoms with van der Waals surface area (Å²) in [4.78, 5) is 49.7. The summed E-state index contributed by atoms with van der Waals surface area (Å²) in [5.41, 5.74) is 10.3. The van der Waals surface area contributed by atoms with E-state index in [0.717, 1.165) is 22.3 Å². The minimum Gasteiger partial charge on any atom is -0.358 e. The summed E-state index contributed by atoms with van der Waals surface area (Å²) in [6.45, 7) is 7.91. The lowest BCUT2D eigenvalue weighted by atomic mass is 10.1. The largest absolute Gasteiger partial charge is 0.358 e. The van der Waals surface area contributed by atoms with E-state index < -0.39 is 29.7 Å². The number of anilines is 2. The molecule has 14 nitrogen and oxygen atoms in total. The third-order valence-electron chi connectivity index (χ3n) is 6.59. The number of rotatable bonds is 15. The summed E-state index contributed by atoms with van der Waals surface area (Å²) in [5.74, 6) is -2.58. The Labute approximate surface area is 292 Å². The number of nitrogens with zero attached hydrogens (tertiary/aromatic N) is 1. The van der Waals surface area contributed by atoms with Gasteiger partial charge in [-0.1, -0.05) is 24.3 Å². The molecule has 0 saturated heterocycles. The number of methoxy groups -OCH3 is 4. The number of nitrogens with one attached hydrogen (secondary N) is 4. The van der Waals surface area contributed by atoms with Crippen molar-refractivity contribution in [1.82, 2.24) is 10.6 Å². The van der Waals surface area contributed by atoms with Crippen LogP contribution in [0, 0.1) is 27.7 Å². The molecule has 0 fully saturated rings. The molecule has 2 aromatic rings. The molecule has 0 aliphatic rings. The quantitative estimate of drug-likeness (QED) is 0.0786. The van der Waals surface area contributed by atoms with Crippen molar-refractivity contribution in [2.75, 3.05) is 65.3 Å². The van der Waals surface area contributed by atoms with Gasteiger partial charge in [0.05, 0.1) is 24.8 Å². The van der Waals surface area contributed by atoms with E-state index in [1.165, 1.54) is 14.2 Å². The van der Waals surface area contributed by atoms with Crippen LogP contribution in [0.3, 0.4) is 0 Å². The Bertz CT molecular complexity index is 1410. The highest BCUT2D eigenvalue weighted by Gasteiger charge is 2.16. The van der Waals surface area contributed by atoms with Gasteiger partial charge in [-0.05, 0) is 86.5 Å². The molecule has 0 saturated carbocycles. The molecule has 48 heavy (non-hydrogen) atoms. The minimum atomic E-state index is -0.689. The maximum Gasteiger partial charge on any atom is 0.293 e. The van der Waals surface area contributed by atoms with Crippen LogP contribution in [-0.4, -0.2) is 101 Å². The van der Waals surface area contributed by atoms with Gasteiger partial charge < -0.3 is 45.9 Å².